The number of nitrogens with zero attached hydrogens (tertiary/aromatic N) is 1. The molecule has 0 saturated carbocycles. The summed E-state index contributed by atoms with van der Waals surface area (Å²) in [4.78, 5) is 25.2. The first-order valence-electron chi connectivity index (χ1n) is 6.09. The number of thioether (sulfide) groups is 1. The van der Waals surface area contributed by atoms with Crippen molar-refractivity contribution in [1.82, 2.24) is 4.90 Å². The van der Waals surface area contributed by atoms with Crippen LogP contribution in [0.3, 0.4) is 0 Å². The molecule has 1 atom stereocenters. The van der Waals surface area contributed by atoms with Crippen molar-refractivity contribution < 1.29 is 14.7 Å². The second kappa shape index (κ2) is 6.19. The Kier molecular flexibility index (Phi) is 4.57. The summed E-state index contributed by atoms with van der Waals surface area (Å²) in [6.07, 6.45) is 2.05. The molecule has 2 rings (SSSR count). The van der Waals surface area contributed by atoms with E-state index in [-0.39, 0.29) is 5.91 Å². The molecule has 1 amide bonds. The van der Waals surface area contributed by atoms with Crippen molar-refractivity contribution >= 4 is 46.3 Å². The second-order valence-electron chi connectivity index (χ2n) is 4.22. The van der Waals surface area contributed by atoms with Crippen molar-refractivity contribution in [2.24, 2.45) is 0 Å². The molecule has 1 aromatic rings. The molecule has 6 heteroatoms. The standard InChI is InChI=1S/C14H13NO3S2/c1-2-10(13(17)18)15-12(16)11(20-14(15)19)8-9-6-4-3-5-7-9/h3-8,10H,2H2,1H3,(H,17,18)/b11-8-. The number of amides is 1. The third kappa shape index (κ3) is 2.91. The fraction of sp³-hybridized carbons (Fsp3) is 0.214. The van der Waals surface area contributed by atoms with Crippen LogP contribution in [0, 0.1) is 0 Å². The number of rotatable bonds is 4. The van der Waals surface area contributed by atoms with Gasteiger partial charge in [-0.25, -0.2) is 4.79 Å². The number of aliphatic carboxylic acids is 1. The molecule has 0 spiro atoms. The normalized spacial score (nSPS) is 18.6. The molecule has 1 unspecified atom stereocenters. The Bertz CT molecular complexity index is 583. The van der Waals surface area contributed by atoms with E-state index in [1.54, 1.807) is 13.0 Å². The lowest BCUT2D eigenvalue weighted by atomic mass is 10.2. The average molecular weight is 307 g/mol. The number of thiocarbonyl (C=S) groups is 1. The largest absolute Gasteiger partial charge is 0.480 e. The van der Waals surface area contributed by atoms with Gasteiger partial charge in [0.15, 0.2) is 0 Å². The number of carbonyl (C=O) groups is 2. The number of benzene rings is 1. The van der Waals surface area contributed by atoms with E-state index in [0.29, 0.717) is 15.6 Å². The third-order valence-electron chi connectivity index (χ3n) is 2.90. The molecule has 4 nitrogen and oxygen atoms in total. The molecule has 1 aliphatic rings. The van der Waals surface area contributed by atoms with Gasteiger partial charge >= 0.3 is 5.97 Å². The van der Waals surface area contributed by atoms with Crippen LogP contribution < -0.4 is 0 Å². The summed E-state index contributed by atoms with van der Waals surface area (Å²) in [7, 11) is 0. The van der Waals surface area contributed by atoms with Crippen LogP contribution in [-0.2, 0) is 9.59 Å². The number of carbonyl (C=O) groups excluding carboxylic acids is 1. The number of hydrogen-bond acceptors (Lipinski definition) is 4. The Balaban J connectivity index is 2.29. The van der Waals surface area contributed by atoms with E-state index in [0.717, 1.165) is 17.3 Å². The zero-order chi connectivity index (χ0) is 14.7. The first-order valence-corrected chi connectivity index (χ1v) is 7.32. The van der Waals surface area contributed by atoms with Crippen LogP contribution in [0.5, 0.6) is 0 Å². The topological polar surface area (TPSA) is 57.6 Å². The van der Waals surface area contributed by atoms with Crippen molar-refractivity contribution in [2.45, 2.75) is 19.4 Å². The molecule has 0 aromatic heterocycles. The van der Waals surface area contributed by atoms with Crippen LogP contribution in [0.15, 0.2) is 35.2 Å². The molecule has 1 aromatic carbocycles. The zero-order valence-electron chi connectivity index (χ0n) is 10.8. The van der Waals surface area contributed by atoms with Crippen molar-refractivity contribution in [2.75, 3.05) is 0 Å². The van der Waals surface area contributed by atoms with Crippen molar-refractivity contribution in [3.05, 3.63) is 40.8 Å². The van der Waals surface area contributed by atoms with Gasteiger partial charge in [0.05, 0.1) is 4.91 Å². The molecule has 1 aliphatic heterocycles. The first-order chi connectivity index (χ1) is 9.54. The van der Waals surface area contributed by atoms with Crippen molar-refractivity contribution in [3.8, 4) is 0 Å². The Hall–Kier alpha value is -1.66. The highest BCUT2D eigenvalue weighted by Crippen LogP contribution is 2.34. The molecule has 0 aliphatic carbocycles. The van der Waals surface area contributed by atoms with Crippen LogP contribution in [0.25, 0.3) is 6.08 Å². The lowest BCUT2D eigenvalue weighted by molar-refractivity contribution is -0.145. The lowest BCUT2D eigenvalue weighted by Crippen LogP contribution is -2.43. The predicted molar refractivity (Wildman–Crippen MR) is 83.2 cm³/mol. The maximum absolute atomic E-state index is 12.3. The van der Waals surface area contributed by atoms with Gasteiger partial charge in [-0.05, 0) is 18.1 Å². The number of carboxylic acid groups (broad SMARTS) is 1. The minimum Gasteiger partial charge on any atom is -0.480 e. The lowest BCUT2D eigenvalue weighted by Gasteiger charge is -2.21. The zero-order valence-corrected chi connectivity index (χ0v) is 12.4. The monoisotopic (exact) mass is 307 g/mol. The van der Waals surface area contributed by atoms with Crippen LogP contribution in [-0.4, -0.2) is 32.2 Å². The quantitative estimate of drug-likeness (QED) is 0.684. The highest BCUT2D eigenvalue weighted by molar-refractivity contribution is 8.26. The van der Waals surface area contributed by atoms with Crippen molar-refractivity contribution in [3.63, 3.8) is 0 Å². The van der Waals surface area contributed by atoms with E-state index < -0.39 is 12.0 Å². The van der Waals surface area contributed by atoms with Gasteiger partial charge < -0.3 is 5.11 Å². The van der Waals surface area contributed by atoms with Crippen LogP contribution in [0.2, 0.25) is 0 Å². The second-order valence-corrected chi connectivity index (χ2v) is 5.90. The number of hydrogen-bond donors (Lipinski definition) is 1. The summed E-state index contributed by atoms with van der Waals surface area (Å²) < 4.78 is 0.298. The third-order valence-corrected chi connectivity index (χ3v) is 4.23. The van der Waals surface area contributed by atoms with E-state index >= 15 is 0 Å². The fourth-order valence-corrected chi connectivity index (χ4v) is 3.27. The summed E-state index contributed by atoms with van der Waals surface area (Å²) in [5.41, 5.74) is 0.886. The minimum absolute atomic E-state index is 0.298. The minimum atomic E-state index is -1.04. The molecule has 1 fully saturated rings. The van der Waals surface area contributed by atoms with Gasteiger partial charge in [-0.15, -0.1) is 0 Å². The molecular formula is C14H13NO3S2. The smallest absolute Gasteiger partial charge is 0.326 e. The van der Waals surface area contributed by atoms with Gasteiger partial charge in [-0.2, -0.15) is 0 Å². The molecule has 0 radical (unpaired) electrons. The van der Waals surface area contributed by atoms with Gasteiger partial charge in [0, 0.05) is 0 Å². The van der Waals surface area contributed by atoms with Crippen LogP contribution in [0.1, 0.15) is 18.9 Å². The van der Waals surface area contributed by atoms with Crippen LogP contribution >= 0.6 is 24.0 Å². The highest BCUT2D eigenvalue weighted by atomic mass is 32.2. The Morgan fingerprint density at radius 1 is 1.45 bits per heavy atom. The number of carboxylic acids is 1. The van der Waals surface area contributed by atoms with Gasteiger partial charge in [-0.1, -0.05) is 61.2 Å². The fourth-order valence-electron chi connectivity index (χ4n) is 1.92. The maximum Gasteiger partial charge on any atom is 0.326 e. The molecule has 104 valence electrons. The van der Waals surface area contributed by atoms with Gasteiger partial charge in [0.2, 0.25) is 0 Å². The van der Waals surface area contributed by atoms with Crippen molar-refractivity contribution in [1.29, 1.82) is 0 Å². The molecular weight excluding hydrogens is 294 g/mol. The van der Waals surface area contributed by atoms with Gasteiger partial charge in [0.25, 0.3) is 5.91 Å². The predicted octanol–water partition coefficient (Wildman–Crippen LogP) is 2.75. The molecule has 1 heterocycles. The summed E-state index contributed by atoms with van der Waals surface area (Å²) in [5, 5.41) is 9.16. The molecule has 20 heavy (non-hydrogen) atoms. The molecule has 0 bridgehead atoms. The molecule has 1 N–H and O–H groups in total. The SMILES string of the molecule is CCC(C(=O)O)N1C(=O)/C(=C/c2ccccc2)SC1=S. The maximum atomic E-state index is 12.3. The Morgan fingerprint density at radius 2 is 2.10 bits per heavy atom. The Labute approximate surface area is 126 Å². The summed E-state index contributed by atoms with van der Waals surface area (Å²) in [6, 6.07) is 8.49. The molecule has 1 saturated heterocycles. The van der Waals surface area contributed by atoms with E-state index in [2.05, 4.69) is 0 Å². The summed E-state index contributed by atoms with van der Waals surface area (Å²) in [6.45, 7) is 1.72. The first kappa shape index (κ1) is 14.7. The van der Waals surface area contributed by atoms with E-state index in [1.807, 2.05) is 30.3 Å². The highest BCUT2D eigenvalue weighted by Gasteiger charge is 2.39. The summed E-state index contributed by atoms with van der Waals surface area (Å²) in [5.74, 6) is -1.37. The van der Waals surface area contributed by atoms with Gasteiger partial charge in [0.1, 0.15) is 10.4 Å². The van der Waals surface area contributed by atoms with E-state index in [4.69, 9.17) is 17.3 Å². The van der Waals surface area contributed by atoms with E-state index in [1.165, 1.54) is 4.90 Å². The summed E-state index contributed by atoms with van der Waals surface area (Å²) >= 11 is 6.28. The van der Waals surface area contributed by atoms with E-state index in [9.17, 15) is 9.59 Å². The Morgan fingerprint density at radius 3 is 2.65 bits per heavy atom. The van der Waals surface area contributed by atoms with Gasteiger partial charge in [-0.3, -0.25) is 9.69 Å². The van der Waals surface area contributed by atoms with Crippen LogP contribution in [0.4, 0.5) is 0 Å². The average Bonchev–Trinajstić information content (AvgIpc) is 2.68.